The maximum absolute atomic E-state index is 10.6. The van der Waals surface area contributed by atoms with Crippen molar-refractivity contribution in [3.05, 3.63) is 48.3 Å². The highest BCUT2D eigenvalue weighted by atomic mass is 16.4. The molecule has 0 amide bonds. The van der Waals surface area contributed by atoms with Gasteiger partial charge in [-0.15, -0.1) is 0 Å². The van der Waals surface area contributed by atoms with E-state index in [4.69, 9.17) is 5.11 Å². The molecule has 6 nitrogen and oxygen atoms in total. The maximum atomic E-state index is 10.6. The van der Waals surface area contributed by atoms with Gasteiger partial charge in [0.1, 0.15) is 5.82 Å². The highest BCUT2D eigenvalue weighted by Crippen LogP contribution is 2.19. The van der Waals surface area contributed by atoms with Gasteiger partial charge in [0, 0.05) is 18.2 Å². The zero-order valence-corrected chi connectivity index (χ0v) is 13.7. The van der Waals surface area contributed by atoms with Crippen molar-refractivity contribution in [1.29, 1.82) is 0 Å². The van der Waals surface area contributed by atoms with Crippen LogP contribution in [0.15, 0.2) is 42.7 Å². The quantitative estimate of drug-likeness (QED) is 0.485. The molecule has 0 saturated carbocycles. The van der Waals surface area contributed by atoms with Crippen molar-refractivity contribution in [1.82, 2.24) is 15.3 Å². The van der Waals surface area contributed by atoms with E-state index in [1.54, 1.807) is 18.5 Å². The van der Waals surface area contributed by atoms with Gasteiger partial charge in [-0.1, -0.05) is 25.1 Å². The van der Waals surface area contributed by atoms with Crippen LogP contribution in [0.1, 0.15) is 18.9 Å². The molecule has 0 radical (unpaired) electrons. The van der Waals surface area contributed by atoms with E-state index in [0.29, 0.717) is 0 Å². The van der Waals surface area contributed by atoms with Crippen LogP contribution in [-0.2, 0) is 4.79 Å². The first kappa shape index (κ1) is 17.6. The van der Waals surface area contributed by atoms with Crippen LogP contribution >= 0.6 is 0 Å². The van der Waals surface area contributed by atoms with Gasteiger partial charge < -0.3 is 15.7 Å². The second-order valence-electron chi connectivity index (χ2n) is 5.22. The van der Waals surface area contributed by atoms with Crippen molar-refractivity contribution < 1.29 is 9.90 Å². The van der Waals surface area contributed by atoms with Crippen LogP contribution in [0.4, 0.5) is 5.82 Å². The van der Waals surface area contributed by atoms with E-state index in [1.807, 2.05) is 24.3 Å². The van der Waals surface area contributed by atoms with E-state index < -0.39 is 5.97 Å². The van der Waals surface area contributed by atoms with Crippen LogP contribution in [0.25, 0.3) is 17.3 Å². The number of aliphatic carboxylic acids is 1. The molecule has 0 unspecified atom stereocenters. The lowest BCUT2D eigenvalue weighted by molar-refractivity contribution is -0.131. The Labute approximate surface area is 141 Å². The predicted molar refractivity (Wildman–Crippen MR) is 95.8 cm³/mol. The van der Waals surface area contributed by atoms with Crippen molar-refractivity contribution in [2.45, 2.75) is 13.3 Å². The van der Waals surface area contributed by atoms with Gasteiger partial charge in [-0.25, -0.2) is 9.78 Å². The average Bonchev–Trinajstić information content (AvgIpc) is 2.60. The number of hydrogen-bond donors (Lipinski definition) is 3. The molecule has 0 spiro atoms. The van der Waals surface area contributed by atoms with Gasteiger partial charge in [0.15, 0.2) is 0 Å². The molecule has 0 fully saturated rings. The number of nitrogens with zero attached hydrogens (tertiary/aromatic N) is 2. The van der Waals surface area contributed by atoms with Gasteiger partial charge in [-0.3, -0.25) is 4.98 Å². The summed E-state index contributed by atoms with van der Waals surface area (Å²) in [6.45, 7) is 4.85. The Hall–Kier alpha value is -2.73. The molecule has 0 atom stereocenters. The lowest BCUT2D eigenvalue weighted by atomic mass is 10.1. The molecule has 1 heterocycles. The number of carbonyl (C=O) groups is 1. The lowest BCUT2D eigenvalue weighted by Crippen LogP contribution is -2.17. The van der Waals surface area contributed by atoms with E-state index in [9.17, 15) is 4.79 Å². The van der Waals surface area contributed by atoms with Crippen LogP contribution in [0.3, 0.4) is 0 Å². The minimum atomic E-state index is -0.969. The molecule has 2 aromatic rings. The van der Waals surface area contributed by atoms with Crippen LogP contribution in [-0.4, -0.2) is 40.7 Å². The summed E-state index contributed by atoms with van der Waals surface area (Å²) < 4.78 is 0. The molecule has 0 aliphatic heterocycles. The highest BCUT2D eigenvalue weighted by Gasteiger charge is 2.03. The molecule has 3 N–H and O–H groups in total. The second kappa shape index (κ2) is 9.42. The van der Waals surface area contributed by atoms with E-state index in [0.717, 1.165) is 54.8 Å². The Balaban J connectivity index is 2.05. The van der Waals surface area contributed by atoms with E-state index >= 15 is 0 Å². The number of aromatic nitrogens is 2. The van der Waals surface area contributed by atoms with Gasteiger partial charge in [-0.05, 0) is 37.2 Å². The van der Waals surface area contributed by atoms with Crippen molar-refractivity contribution in [3.8, 4) is 11.3 Å². The molecular formula is C18H22N4O2. The molecule has 0 aliphatic rings. The number of carboxylic acids is 1. The van der Waals surface area contributed by atoms with Crippen LogP contribution < -0.4 is 10.6 Å². The number of nitrogens with one attached hydrogen (secondary N) is 2. The standard InChI is InChI=1S/C18H22N4O2/c1-2-19-9-4-10-21-17-13-20-12-16(22-17)15-6-3-5-14(11-15)7-8-18(23)24/h3,5-8,11-13,19H,2,4,9-10H2,1H3,(H,21,22)(H,23,24)/b8-7+. The maximum Gasteiger partial charge on any atom is 0.328 e. The number of rotatable bonds is 9. The minimum Gasteiger partial charge on any atom is -0.478 e. The van der Waals surface area contributed by atoms with E-state index in [-0.39, 0.29) is 0 Å². The lowest BCUT2D eigenvalue weighted by Gasteiger charge is -2.08. The molecule has 126 valence electrons. The first-order valence-corrected chi connectivity index (χ1v) is 7.97. The Kier molecular flexibility index (Phi) is 6.91. The first-order valence-electron chi connectivity index (χ1n) is 7.97. The van der Waals surface area contributed by atoms with E-state index in [1.165, 1.54) is 0 Å². The van der Waals surface area contributed by atoms with Gasteiger partial charge in [0.25, 0.3) is 0 Å². The Morgan fingerprint density at radius 1 is 1.29 bits per heavy atom. The Morgan fingerprint density at radius 3 is 2.96 bits per heavy atom. The molecule has 0 bridgehead atoms. The smallest absolute Gasteiger partial charge is 0.328 e. The largest absolute Gasteiger partial charge is 0.478 e. The molecule has 6 heteroatoms. The fraction of sp³-hybridized carbons (Fsp3) is 0.278. The zero-order valence-electron chi connectivity index (χ0n) is 13.7. The van der Waals surface area contributed by atoms with Crippen molar-refractivity contribution in [3.63, 3.8) is 0 Å². The number of carboxylic acid groups (broad SMARTS) is 1. The summed E-state index contributed by atoms with van der Waals surface area (Å²) in [5.41, 5.74) is 2.45. The van der Waals surface area contributed by atoms with Crippen molar-refractivity contribution >= 4 is 17.9 Å². The summed E-state index contributed by atoms with van der Waals surface area (Å²) in [6.07, 6.45) is 7.08. The second-order valence-corrected chi connectivity index (χ2v) is 5.22. The minimum absolute atomic E-state index is 0.732. The average molecular weight is 326 g/mol. The molecule has 1 aromatic heterocycles. The number of benzene rings is 1. The first-order chi connectivity index (χ1) is 11.7. The third kappa shape index (κ3) is 5.81. The fourth-order valence-electron chi connectivity index (χ4n) is 2.17. The summed E-state index contributed by atoms with van der Waals surface area (Å²) >= 11 is 0. The third-order valence-electron chi connectivity index (χ3n) is 3.32. The van der Waals surface area contributed by atoms with Gasteiger partial charge in [0.05, 0.1) is 18.1 Å². The van der Waals surface area contributed by atoms with Crippen LogP contribution in [0.5, 0.6) is 0 Å². The van der Waals surface area contributed by atoms with Gasteiger partial charge in [0.2, 0.25) is 0 Å². The monoisotopic (exact) mass is 326 g/mol. The summed E-state index contributed by atoms with van der Waals surface area (Å²) in [7, 11) is 0. The fourth-order valence-corrected chi connectivity index (χ4v) is 2.17. The number of hydrogen-bond acceptors (Lipinski definition) is 5. The summed E-state index contributed by atoms with van der Waals surface area (Å²) in [5.74, 6) is -0.237. The molecular weight excluding hydrogens is 304 g/mol. The zero-order chi connectivity index (χ0) is 17.2. The van der Waals surface area contributed by atoms with Gasteiger partial charge >= 0.3 is 5.97 Å². The summed E-state index contributed by atoms with van der Waals surface area (Å²) in [6, 6.07) is 7.53. The van der Waals surface area contributed by atoms with Gasteiger partial charge in [-0.2, -0.15) is 0 Å². The van der Waals surface area contributed by atoms with Crippen LogP contribution in [0.2, 0.25) is 0 Å². The predicted octanol–water partition coefficient (Wildman–Crippen LogP) is 2.65. The summed E-state index contributed by atoms with van der Waals surface area (Å²) in [5, 5.41) is 15.2. The Bertz CT molecular complexity index is 701. The van der Waals surface area contributed by atoms with Crippen molar-refractivity contribution in [2.75, 3.05) is 25.0 Å². The molecule has 0 saturated heterocycles. The summed E-state index contributed by atoms with van der Waals surface area (Å²) in [4.78, 5) is 19.4. The third-order valence-corrected chi connectivity index (χ3v) is 3.32. The Morgan fingerprint density at radius 2 is 2.17 bits per heavy atom. The topological polar surface area (TPSA) is 87.1 Å². The SMILES string of the molecule is CCNCCCNc1cncc(-c2cccc(/C=C/C(=O)O)c2)n1. The molecule has 0 aliphatic carbocycles. The highest BCUT2D eigenvalue weighted by molar-refractivity contribution is 5.85. The molecule has 24 heavy (non-hydrogen) atoms. The normalized spacial score (nSPS) is 10.9. The molecule has 1 aromatic carbocycles. The van der Waals surface area contributed by atoms with Crippen LogP contribution in [0, 0.1) is 0 Å². The number of anilines is 1. The van der Waals surface area contributed by atoms with E-state index in [2.05, 4.69) is 27.5 Å². The van der Waals surface area contributed by atoms with Crippen molar-refractivity contribution in [2.24, 2.45) is 0 Å². The molecule has 2 rings (SSSR count).